The fourth-order valence-corrected chi connectivity index (χ4v) is 8.90. The molecule has 0 spiro atoms. The van der Waals surface area contributed by atoms with Crippen LogP contribution in [0, 0.1) is 0 Å². The highest BCUT2D eigenvalue weighted by molar-refractivity contribution is 7.72. The molecule has 2 aromatic rings. The van der Waals surface area contributed by atoms with Gasteiger partial charge in [0.2, 0.25) is 0 Å². The predicted molar refractivity (Wildman–Crippen MR) is 136 cm³/mol. The van der Waals surface area contributed by atoms with E-state index in [0.29, 0.717) is 0 Å². The van der Waals surface area contributed by atoms with Gasteiger partial charge in [0, 0.05) is 0 Å². The third-order valence-corrected chi connectivity index (χ3v) is 11.3. The van der Waals surface area contributed by atoms with Gasteiger partial charge in [0.15, 0.2) is 5.40 Å². The van der Waals surface area contributed by atoms with E-state index in [4.69, 9.17) is 18.1 Å². The van der Waals surface area contributed by atoms with Crippen molar-refractivity contribution in [3.05, 3.63) is 59.7 Å². The first kappa shape index (κ1) is 28.0. The monoisotopic (exact) mass is 496 g/mol. The summed E-state index contributed by atoms with van der Waals surface area (Å²) in [5.41, 5.74) is 2.36. The molecule has 0 amide bonds. The third kappa shape index (κ3) is 7.89. The van der Waals surface area contributed by atoms with Gasteiger partial charge in [-0.3, -0.25) is 9.13 Å². The van der Waals surface area contributed by atoms with Gasteiger partial charge in [-0.15, -0.1) is 0 Å². The van der Waals surface area contributed by atoms with Gasteiger partial charge in [-0.25, -0.2) is 0 Å². The minimum absolute atomic E-state index is 0.177. The normalized spacial score (nSPS) is 13.2. The third-order valence-electron chi connectivity index (χ3n) is 5.27. The van der Waals surface area contributed by atoms with Crippen LogP contribution in [0.3, 0.4) is 0 Å². The fraction of sp³-hybridized carbons (Fsp3) is 0.520. The molecule has 6 nitrogen and oxygen atoms in total. The van der Waals surface area contributed by atoms with Gasteiger partial charge in [-0.1, -0.05) is 54.1 Å². The highest BCUT2D eigenvalue weighted by atomic mass is 31.2. The standard InChI is InChI=1S/C25H38O6P2/c1-6-28-32(26,29-7-2)25(33(27,30-8-3)31-9-4)19-15-21(5)14-16-22-17-18-23-12-10-11-13-24(23)20-22/h10-13,15,17-18,20,25H,6-9,14,16,19H2,1-5H3/b21-15+. The van der Waals surface area contributed by atoms with Gasteiger partial charge >= 0.3 is 15.2 Å². The zero-order valence-electron chi connectivity index (χ0n) is 20.5. The SMILES string of the molecule is CCOP(=O)(OCC)C(C/C=C(\C)CCc1ccc2ccccc2c1)P(=O)(OCC)OCC. The Bertz CT molecular complexity index is 953. The molecule has 0 N–H and O–H groups in total. The largest absolute Gasteiger partial charge is 0.346 e. The van der Waals surface area contributed by atoms with E-state index < -0.39 is 20.6 Å². The smallest absolute Gasteiger partial charge is 0.308 e. The van der Waals surface area contributed by atoms with Gasteiger partial charge in [0.1, 0.15) is 0 Å². The maximum atomic E-state index is 13.6. The van der Waals surface area contributed by atoms with Crippen molar-refractivity contribution in [2.45, 2.75) is 59.3 Å². The molecule has 8 heteroatoms. The molecule has 0 unspecified atom stereocenters. The van der Waals surface area contributed by atoms with Gasteiger partial charge in [-0.05, 0) is 70.2 Å². The molecule has 0 heterocycles. The van der Waals surface area contributed by atoms with Gasteiger partial charge < -0.3 is 18.1 Å². The Labute approximate surface area is 198 Å². The summed E-state index contributed by atoms with van der Waals surface area (Å²) in [7, 11) is -7.46. The van der Waals surface area contributed by atoms with Crippen LogP contribution in [-0.4, -0.2) is 31.8 Å². The summed E-state index contributed by atoms with van der Waals surface area (Å²) in [5.74, 6) is 0. The molecule has 0 saturated carbocycles. The summed E-state index contributed by atoms with van der Waals surface area (Å²) in [4.78, 5) is 0. The van der Waals surface area contributed by atoms with Gasteiger partial charge in [0.25, 0.3) is 0 Å². The molecule has 0 aliphatic rings. The zero-order valence-corrected chi connectivity index (χ0v) is 22.3. The topological polar surface area (TPSA) is 71.1 Å². The Morgan fingerprint density at radius 3 is 1.85 bits per heavy atom. The van der Waals surface area contributed by atoms with Crippen molar-refractivity contribution in [2.75, 3.05) is 26.4 Å². The second-order valence-electron chi connectivity index (χ2n) is 7.70. The van der Waals surface area contributed by atoms with Crippen LogP contribution in [0.2, 0.25) is 0 Å². The van der Waals surface area contributed by atoms with Crippen molar-refractivity contribution in [1.29, 1.82) is 0 Å². The Kier molecular flexibility index (Phi) is 11.5. The first-order valence-corrected chi connectivity index (χ1v) is 14.9. The summed E-state index contributed by atoms with van der Waals surface area (Å²) >= 11 is 0. The molecule has 0 saturated heterocycles. The number of hydrogen-bond donors (Lipinski definition) is 0. The predicted octanol–water partition coefficient (Wildman–Crippen LogP) is 7.97. The van der Waals surface area contributed by atoms with Crippen LogP contribution >= 0.6 is 15.2 Å². The second kappa shape index (κ2) is 13.6. The van der Waals surface area contributed by atoms with Crippen LogP contribution in [0.25, 0.3) is 10.8 Å². The highest BCUT2D eigenvalue weighted by Gasteiger charge is 2.50. The lowest BCUT2D eigenvalue weighted by atomic mass is 10.0. The summed E-state index contributed by atoms with van der Waals surface area (Å²) in [6.45, 7) is 9.68. The molecular weight excluding hydrogens is 458 g/mol. The molecule has 2 rings (SSSR count). The average Bonchev–Trinajstić information content (AvgIpc) is 2.78. The highest BCUT2D eigenvalue weighted by Crippen LogP contribution is 2.71. The molecule has 0 radical (unpaired) electrons. The summed E-state index contributed by atoms with van der Waals surface area (Å²) < 4.78 is 49.4. The Hall–Kier alpha value is -1.26. The van der Waals surface area contributed by atoms with Crippen molar-refractivity contribution >= 4 is 26.0 Å². The Balaban J connectivity index is 2.22. The van der Waals surface area contributed by atoms with E-state index in [1.807, 2.05) is 25.1 Å². The number of aryl methyl sites for hydroxylation is 1. The first-order valence-electron chi connectivity index (χ1n) is 11.7. The lowest BCUT2D eigenvalue weighted by Crippen LogP contribution is -2.17. The average molecular weight is 497 g/mol. The van der Waals surface area contributed by atoms with Crippen LogP contribution in [0.15, 0.2) is 54.1 Å². The molecule has 33 heavy (non-hydrogen) atoms. The number of hydrogen-bond acceptors (Lipinski definition) is 6. The van der Waals surface area contributed by atoms with E-state index in [1.165, 1.54) is 16.3 Å². The molecule has 0 atom stereocenters. The molecule has 0 bridgehead atoms. The molecule has 0 aliphatic heterocycles. The van der Waals surface area contributed by atoms with Gasteiger partial charge in [0.05, 0.1) is 26.4 Å². The summed E-state index contributed by atoms with van der Waals surface area (Å²) in [6, 6.07) is 14.8. The van der Waals surface area contributed by atoms with E-state index in [0.717, 1.165) is 18.4 Å². The van der Waals surface area contributed by atoms with Gasteiger partial charge in [-0.2, -0.15) is 0 Å². The number of rotatable bonds is 15. The fourth-order valence-electron chi connectivity index (χ4n) is 3.71. The molecule has 0 aliphatic carbocycles. The quantitative estimate of drug-likeness (QED) is 0.184. The van der Waals surface area contributed by atoms with E-state index in [1.54, 1.807) is 27.7 Å². The molecule has 0 fully saturated rings. The van der Waals surface area contributed by atoms with Crippen molar-refractivity contribution in [3.63, 3.8) is 0 Å². The Morgan fingerprint density at radius 1 is 0.818 bits per heavy atom. The van der Waals surface area contributed by atoms with Crippen molar-refractivity contribution in [2.24, 2.45) is 0 Å². The van der Waals surface area contributed by atoms with Crippen molar-refractivity contribution in [3.8, 4) is 0 Å². The van der Waals surface area contributed by atoms with Crippen LogP contribution in [0.4, 0.5) is 0 Å². The minimum atomic E-state index is -3.73. The molecule has 2 aromatic carbocycles. The van der Waals surface area contributed by atoms with E-state index >= 15 is 0 Å². The van der Waals surface area contributed by atoms with Crippen LogP contribution in [-0.2, 0) is 33.6 Å². The molecular formula is C25H38O6P2. The van der Waals surface area contributed by atoms with E-state index in [9.17, 15) is 9.13 Å². The Morgan fingerprint density at radius 2 is 1.33 bits per heavy atom. The summed E-state index contributed by atoms with van der Waals surface area (Å²) in [6.07, 6.45) is 3.88. The van der Waals surface area contributed by atoms with Crippen LogP contribution in [0.5, 0.6) is 0 Å². The van der Waals surface area contributed by atoms with E-state index in [-0.39, 0.29) is 32.8 Å². The maximum Gasteiger partial charge on any atom is 0.346 e. The van der Waals surface area contributed by atoms with Crippen LogP contribution < -0.4 is 0 Å². The summed E-state index contributed by atoms with van der Waals surface area (Å²) in [5, 5.41) is 1.43. The molecule has 0 aromatic heterocycles. The number of allylic oxidation sites excluding steroid dienone is 2. The molecule has 184 valence electrons. The second-order valence-corrected chi connectivity index (χ2v) is 12.5. The zero-order chi connectivity index (χ0) is 24.3. The van der Waals surface area contributed by atoms with Crippen LogP contribution in [0.1, 0.15) is 53.0 Å². The van der Waals surface area contributed by atoms with E-state index in [2.05, 4.69) is 30.3 Å². The lowest BCUT2D eigenvalue weighted by molar-refractivity contribution is 0.195. The minimum Gasteiger partial charge on any atom is -0.308 e. The maximum absolute atomic E-state index is 13.6. The first-order chi connectivity index (χ1) is 15.8. The van der Waals surface area contributed by atoms with Crippen molar-refractivity contribution in [1.82, 2.24) is 0 Å². The van der Waals surface area contributed by atoms with Crippen molar-refractivity contribution < 1.29 is 27.2 Å². The number of benzene rings is 2. The number of fused-ring (bicyclic) bond motifs is 1. The lowest BCUT2D eigenvalue weighted by Gasteiger charge is -2.30.